The normalized spacial score (nSPS) is 12.6. The van der Waals surface area contributed by atoms with Gasteiger partial charge in [0.2, 0.25) is 0 Å². The molecule has 1 nitrogen and oxygen atoms in total. The van der Waals surface area contributed by atoms with Crippen molar-refractivity contribution in [1.29, 1.82) is 0 Å². The molecule has 2 aromatic rings. The zero-order valence-electron chi connectivity index (χ0n) is 9.41. The van der Waals surface area contributed by atoms with Crippen molar-refractivity contribution in [3.05, 3.63) is 55.1 Å². The first kappa shape index (κ1) is 13.3. The fourth-order valence-corrected chi connectivity index (χ4v) is 3.86. The molecule has 0 aliphatic carbocycles. The first-order chi connectivity index (χ1) is 8.24. The first-order valence-electron chi connectivity index (χ1n) is 5.43. The molecule has 0 bridgehead atoms. The van der Waals surface area contributed by atoms with Crippen LogP contribution in [0.25, 0.3) is 0 Å². The molecule has 0 saturated carbocycles. The summed E-state index contributed by atoms with van der Waals surface area (Å²) in [6, 6.07) is 8.59. The van der Waals surface area contributed by atoms with Crippen molar-refractivity contribution in [3.8, 4) is 0 Å². The molecule has 0 amide bonds. The highest BCUT2D eigenvalue weighted by molar-refractivity contribution is 9.10. The molecule has 0 fully saturated rings. The van der Waals surface area contributed by atoms with Gasteiger partial charge in [0.25, 0.3) is 0 Å². The second-order valence-corrected chi connectivity index (χ2v) is 6.14. The van der Waals surface area contributed by atoms with Gasteiger partial charge in [-0.15, -0.1) is 0 Å². The van der Waals surface area contributed by atoms with Gasteiger partial charge in [-0.1, -0.05) is 41.1 Å². The molecule has 2 rings (SSSR count). The summed E-state index contributed by atoms with van der Waals surface area (Å²) in [6.07, 6.45) is 0. The Morgan fingerprint density at radius 3 is 2.47 bits per heavy atom. The zero-order valence-corrected chi connectivity index (χ0v) is 13.4. The van der Waals surface area contributed by atoms with E-state index in [4.69, 9.17) is 0 Å². The van der Waals surface area contributed by atoms with Crippen LogP contribution < -0.4 is 5.32 Å². The van der Waals surface area contributed by atoms with Crippen LogP contribution in [0.15, 0.2) is 44.0 Å². The molecule has 1 heterocycles. The fourth-order valence-electron chi connectivity index (χ4n) is 1.80. The largest absolute Gasteiger partial charge is 0.306 e. The van der Waals surface area contributed by atoms with E-state index in [1.807, 2.05) is 6.07 Å². The van der Waals surface area contributed by atoms with Crippen LogP contribution in [-0.4, -0.2) is 6.54 Å². The molecule has 0 saturated heterocycles. The Labute approximate surface area is 123 Å². The lowest BCUT2D eigenvalue weighted by molar-refractivity contribution is 0.628. The summed E-state index contributed by atoms with van der Waals surface area (Å²) in [5.41, 5.74) is 2.57. The van der Waals surface area contributed by atoms with Crippen LogP contribution in [0.3, 0.4) is 0 Å². The molecule has 0 aliphatic heterocycles. The van der Waals surface area contributed by atoms with Gasteiger partial charge in [0.05, 0.1) is 6.04 Å². The van der Waals surface area contributed by atoms with E-state index in [2.05, 4.69) is 73.1 Å². The maximum absolute atomic E-state index is 3.63. The van der Waals surface area contributed by atoms with E-state index in [0.717, 1.165) is 11.0 Å². The van der Waals surface area contributed by atoms with Crippen molar-refractivity contribution in [2.45, 2.75) is 13.0 Å². The third-order valence-corrected chi connectivity index (χ3v) is 5.05. The van der Waals surface area contributed by atoms with Gasteiger partial charge in [-0.25, -0.2) is 0 Å². The van der Waals surface area contributed by atoms with E-state index < -0.39 is 0 Å². The Hall–Kier alpha value is -0.160. The Morgan fingerprint density at radius 2 is 1.88 bits per heavy atom. The lowest BCUT2D eigenvalue weighted by Crippen LogP contribution is -2.22. The lowest BCUT2D eigenvalue weighted by atomic mass is 10.0. The lowest BCUT2D eigenvalue weighted by Gasteiger charge is -2.19. The van der Waals surface area contributed by atoms with Crippen LogP contribution in [0.1, 0.15) is 24.1 Å². The quantitative estimate of drug-likeness (QED) is 0.796. The van der Waals surface area contributed by atoms with E-state index in [9.17, 15) is 0 Å². The highest BCUT2D eigenvalue weighted by Crippen LogP contribution is 2.34. The third kappa shape index (κ3) is 2.99. The summed E-state index contributed by atoms with van der Waals surface area (Å²) < 4.78 is 2.31. The zero-order chi connectivity index (χ0) is 12.3. The predicted octanol–water partition coefficient (Wildman–Crippen LogP) is 4.97. The van der Waals surface area contributed by atoms with Crippen LogP contribution >= 0.6 is 43.2 Å². The van der Waals surface area contributed by atoms with Gasteiger partial charge in [-0.3, -0.25) is 0 Å². The van der Waals surface area contributed by atoms with E-state index in [-0.39, 0.29) is 6.04 Å². The maximum atomic E-state index is 3.63. The summed E-state index contributed by atoms with van der Waals surface area (Å²) in [5.74, 6) is 0. The Morgan fingerprint density at radius 1 is 1.12 bits per heavy atom. The maximum Gasteiger partial charge on any atom is 0.0607 e. The van der Waals surface area contributed by atoms with Gasteiger partial charge < -0.3 is 5.32 Å². The monoisotopic (exact) mass is 373 g/mol. The van der Waals surface area contributed by atoms with E-state index >= 15 is 0 Å². The highest BCUT2D eigenvalue weighted by Gasteiger charge is 2.18. The molecular weight excluding hydrogens is 362 g/mol. The smallest absolute Gasteiger partial charge is 0.0607 e. The van der Waals surface area contributed by atoms with E-state index in [0.29, 0.717) is 0 Å². The minimum atomic E-state index is 0.233. The Balaban J connectivity index is 2.43. The van der Waals surface area contributed by atoms with Gasteiger partial charge in [-0.05, 0) is 45.0 Å². The van der Waals surface area contributed by atoms with Crippen LogP contribution in [0.2, 0.25) is 0 Å². The summed E-state index contributed by atoms with van der Waals surface area (Å²) in [4.78, 5) is 0. The number of benzene rings is 1. The molecule has 17 heavy (non-hydrogen) atoms. The molecule has 90 valence electrons. The fraction of sp³-hybridized carbons (Fsp3) is 0.231. The van der Waals surface area contributed by atoms with Crippen molar-refractivity contribution >= 4 is 43.2 Å². The van der Waals surface area contributed by atoms with Crippen LogP contribution in [0.4, 0.5) is 0 Å². The van der Waals surface area contributed by atoms with E-state index in [1.165, 1.54) is 15.6 Å². The van der Waals surface area contributed by atoms with Crippen molar-refractivity contribution in [1.82, 2.24) is 5.32 Å². The second-order valence-electron chi connectivity index (χ2n) is 3.69. The number of hydrogen-bond acceptors (Lipinski definition) is 2. The summed E-state index contributed by atoms with van der Waals surface area (Å²) in [5, 5.41) is 7.84. The third-order valence-electron chi connectivity index (χ3n) is 2.58. The first-order valence-corrected chi connectivity index (χ1v) is 7.96. The number of hydrogen-bond donors (Lipinski definition) is 1. The molecule has 1 atom stereocenters. The highest BCUT2D eigenvalue weighted by atomic mass is 79.9. The molecule has 1 unspecified atom stereocenters. The number of halogens is 2. The average molecular weight is 375 g/mol. The van der Waals surface area contributed by atoms with Crippen molar-refractivity contribution in [2.24, 2.45) is 0 Å². The van der Waals surface area contributed by atoms with E-state index in [1.54, 1.807) is 11.3 Å². The van der Waals surface area contributed by atoms with Gasteiger partial charge in [0.15, 0.2) is 0 Å². The van der Waals surface area contributed by atoms with Crippen molar-refractivity contribution in [2.75, 3.05) is 6.54 Å². The van der Waals surface area contributed by atoms with Gasteiger partial charge in [0.1, 0.15) is 0 Å². The standard InChI is InChI=1S/C13H13Br2NS/c1-2-16-13(10-7-17-8-12(10)15)9-5-3-4-6-11(9)14/h3-8,13,16H,2H2,1H3. The molecule has 0 spiro atoms. The predicted molar refractivity (Wildman–Crippen MR) is 81.7 cm³/mol. The molecule has 4 heteroatoms. The Bertz CT molecular complexity index is 496. The Kier molecular flexibility index (Phi) is 4.79. The number of rotatable bonds is 4. The molecule has 1 aromatic carbocycles. The van der Waals surface area contributed by atoms with Crippen LogP contribution in [-0.2, 0) is 0 Å². The molecule has 1 aromatic heterocycles. The van der Waals surface area contributed by atoms with Crippen molar-refractivity contribution < 1.29 is 0 Å². The summed E-state index contributed by atoms with van der Waals surface area (Å²) in [6.45, 7) is 3.07. The van der Waals surface area contributed by atoms with Crippen molar-refractivity contribution in [3.63, 3.8) is 0 Å². The molecule has 0 radical (unpaired) electrons. The minimum Gasteiger partial charge on any atom is -0.306 e. The van der Waals surface area contributed by atoms with Gasteiger partial charge in [-0.2, -0.15) is 11.3 Å². The summed E-state index contributed by atoms with van der Waals surface area (Å²) >= 11 is 8.96. The summed E-state index contributed by atoms with van der Waals surface area (Å²) in [7, 11) is 0. The van der Waals surface area contributed by atoms with Gasteiger partial charge in [0, 0.05) is 14.3 Å². The molecular formula is C13H13Br2NS. The average Bonchev–Trinajstić information content (AvgIpc) is 2.74. The topological polar surface area (TPSA) is 12.0 Å². The number of thiophene rings is 1. The SMILES string of the molecule is CCNC(c1ccccc1Br)c1cscc1Br. The second kappa shape index (κ2) is 6.14. The molecule has 1 N–H and O–H groups in total. The van der Waals surface area contributed by atoms with Crippen LogP contribution in [0, 0.1) is 0 Å². The molecule has 0 aliphatic rings. The van der Waals surface area contributed by atoms with Crippen LogP contribution in [0.5, 0.6) is 0 Å². The van der Waals surface area contributed by atoms with Gasteiger partial charge >= 0.3 is 0 Å². The minimum absolute atomic E-state index is 0.233. The number of nitrogens with one attached hydrogen (secondary N) is 1.